The maximum atomic E-state index is 12.7. The molecule has 39 heavy (non-hydrogen) atoms. The summed E-state index contributed by atoms with van der Waals surface area (Å²) in [4.78, 5) is 29.5. The molecule has 0 aliphatic heterocycles. The summed E-state index contributed by atoms with van der Waals surface area (Å²) in [7, 11) is -4.03. The maximum Gasteiger partial charge on any atom is 0.339 e. The minimum atomic E-state index is -4.03. The van der Waals surface area contributed by atoms with Crippen molar-refractivity contribution in [3.05, 3.63) is 111 Å². The fourth-order valence-corrected chi connectivity index (χ4v) is 4.73. The Morgan fingerprint density at radius 2 is 1.69 bits per heavy atom. The second kappa shape index (κ2) is 11.1. The quantitative estimate of drug-likeness (QED) is 0.164. The third kappa shape index (κ3) is 6.64. The normalized spacial score (nSPS) is 11.9. The van der Waals surface area contributed by atoms with Gasteiger partial charge < -0.3 is 15.5 Å². The molecule has 13 heteroatoms. The highest BCUT2D eigenvalue weighted by Gasteiger charge is 2.17. The van der Waals surface area contributed by atoms with Gasteiger partial charge in [0, 0.05) is 18.3 Å². The predicted octanol–water partition coefficient (Wildman–Crippen LogP) is 4.35. The fraction of sp³-hybridized carbons (Fsp3) is 0.115. The average molecular weight is 550 g/mol. The lowest BCUT2D eigenvalue weighted by Crippen LogP contribution is -2.15. The van der Waals surface area contributed by atoms with Crippen molar-refractivity contribution in [3.63, 3.8) is 0 Å². The summed E-state index contributed by atoms with van der Waals surface area (Å²) in [5, 5.41) is 32.9. The molecule has 4 N–H and O–H groups in total. The smallest absolute Gasteiger partial charge is 0.339 e. The van der Waals surface area contributed by atoms with Crippen molar-refractivity contribution in [3.8, 4) is 5.75 Å². The highest BCUT2D eigenvalue weighted by molar-refractivity contribution is 7.92. The summed E-state index contributed by atoms with van der Waals surface area (Å²) < 4.78 is 27.7. The minimum Gasteiger partial charge on any atom is -0.507 e. The SMILES string of the molecule is C[C@H](Nc1nccc(NS(=O)(=O)c2ccc([N+](=O)[O-])cc2)n1)c1ccc(Cc2ccc(C(=O)O)c(O)c2)cc1. The number of non-ortho nitro benzene ring substituents is 1. The van der Waals surface area contributed by atoms with Gasteiger partial charge in [0.25, 0.3) is 15.7 Å². The van der Waals surface area contributed by atoms with Gasteiger partial charge in [-0.2, -0.15) is 4.98 Å². The molecule has 1 atom stereocenters. The first-order valence-corrected chi connectivity index (χ1v) is 13.0. The van der Waals surface area contributed by atoms with Gasteiger partial charge in [-0.15, -0.1) is 0 Å². The molecular weight excluding hydrogens is 526 g/mol. The molecule has 0 aliphatic rings. The summed E-state index contributed by atoms with van der Waals surface area (Å²) in [5.74, 6) is -1.27. The molecule has 0 saturated heterocycles. The van der Waals surface area contributed by atoms with Crippen molar-refractivity contribution >= 4 is 33.4 Å². The summed E-state index contributed by atoms with van der Waals surface area (Å²) in [6.07, 6.45) is 1.89. The van der Waals surface area contributed by atoms with Crippen LogP contribution in [-0.4, -0.2) is 39.5 Å². The molecule has 0 bridgehead atoms. The van der Waals surface area contributed by atoms with Crippen LogP contribution in [0.3, 0.4) is 0 Å². The van der Waals surface area contributed by atoms with Gasteiger partial charge in [-0.25, -0.2) is 18.2 Å². The largest absolute Gasteiger partial charge is 0.507 e. The number of carboxylic acid groups (broad SMARTS) is 1. The molecule has 200 valence electrons. The molecule has 4 rings (SSSR count). The Morgan fingerprint density at radius 3 is 2.31 bits per heavy atom. The second-order valence-electron chi connectivity index (χ2n) is 8.56. The van der Waals surface area contributed by atoms with Gasteiger partial charge in [0.05, 0.1) is 15.9 Å². The number of carbonyl (C=O) groups is 1. The molecular formula is C26H23N5O7S. The Bertz CT molecular complexity index is 1630. The van der Waals surface area contributed by atoms with Crippen LogP contribution in [0.25, 0.3) is 0 Å². The lowest BCUT2D eigenvalue weighted by Gasteiger charge is -2.15. The zero-order chi connectivity index (χ0) is 28.2. The van der Waals surface area contributed by atoms with E-state index in [0.717, 1.165) is 41.0 Å². The molecule has 0 spiro atoms. The molecule has 0 amide bonds. The summed E-state index contributed by atoms with van der Waals surface area (Å²) in [5.41, 5.74) is 2.24. The number of anilines is 2. The lowest BCUT2D eigenvalue weighted by atomic mass is 10.00. The molecule has 4 aromatic rings. The molecule has 12 nitrogen and oxygen atoms in total. The van der Waals surface area contributed by atoms with E-state index < -0.39 is 20.9 Å². The number of aromatic hydroxyl groups is 1. The van der Waals surface area contributed by atoms with E-state index in [1.807, 2.05) is 31.2 Å². The number of aromatic nitrogens is 2. The number of phenols is 1. The number of rotatable bonds is 10. The Hall–Kier alpha value is -5.04. The van der Waals surface area contributed by atoms with E-state index in [2.05, 4.69) is 20.0 Å². The van der Waals surface area contributed by atoms with Crippen LogP contribution in [0.15, 0.2) is 83.9 Å². The topological polar surface area (TPSA) is 185 Å². The third-order valence-corrected chi connectivity index (χ3v) is 7.15. The van der Waals surface area contributed by atoms with Gasteiger partial charge in [0.15, 0.2) is 0 Å². The Morgan fingerprint density at radius 1 is 1.03 bits per heavy atom. The molecule has 1 aromatic heterocycles. The third-order valence-electron chi connectivity index (χ3n) is 5.78. The Balaban J connectivity index is 1.40. The van der Waals surface area contributed by atoms with Crippen LogP contribution in [0, 0.1) is 10.1 Å². The van der Waals surface area contributed by atoms with Gasteiger partial charge in [0.1, 0.15) is 17.1 Å². The van der Waals surface area contributed by atoms with Gasteiger partial charge in [-0.3, -0.25) is 14.8 Å². The number of sulfonamides is 1. The number of nitro groups is 1. The zero-order valence-corrected chi connectivity index (χ0v) is 21.3. The van der Waals surface area contributed by atoms with Crippen LogP contribution in [0.5, 0.6) is 5.75 Å². The van der Waals surface area contributed by atoms with Gasteiger partial charge in [0.2, 0.25) is 5.95 Å². The van der Waals surface area contributed by atoms with E-state index in [0.29, 0.717) is 6.42 Å². The van der Waals surface area contributed by atoms with Gasteiger partial charge >= 0.3 is 5.97 Å². The zero-order valence-electron chi connectivity index (χ0n) is 20.5. The first-order chi connectivity index (χ1) is 18.5. The van der Waals surface area contributed by atoms with Gasteiger partial charge in [-0.05, 0) is 60.4 Å². The number of nitrogens with one attached hydrogen (secondary N) is 2. The van der Waals surface area contributed by atoms with Crippen LogP contribution in [0.2, 0.25) is 0 Å². The number of nitrogens with zero attached hydrogens (tertiary/aromatic N) is 3. The van der Waals surface area contributed by atoms with Crippen molar-refractivity contribution in [2.45, 2.75) is 24.3 Å². The van der Waals surface area contributed by atoms with E-state index in [1.165, 1.54) is 24.4 Å². The van der Waals surface area contributed by atoms with E-state index in [9.17, 15) is 28.4 Å². The predicted molar refractivity (Wildman–Crippen MR) is 142 cm³/mol. The lowest BCUT2D eigenvalue weighted by molar-refractivity contribution is -0.384. The molecule has 1 heterocycles. The highest BCUT2D eigenvalue weighted by Crippen LogP contribution is 2.23. The van der Waals surface area contributed by atoms with Crippen molar-refractivity contribution in [2.75, 3.05) is 10.0 Å². The fourth-order valence-electron chi connectivity index (χ4n) is 3.73. The summed E-state index contributed by atoms with van der Waals surface area (Å²) in [6, 6.07) is 17.7. The molecule has 0 aliphatic carbocycles. The summed E-state index contributed by atoms with van der Waals surface area (Å²) in [6.45, 7) is 1.88. The molecule has 0 fully saturated rings. The monoisotopic (exact) mass is 549 g/mol. The van der Waals surface area contributed by atoms with E-state index in [4.69, 9.17) is 5.11 Å². The van der Waals surface area contributed by atoms with Crippen LogP contribution in [0.4, 0.5) is 17.5 Å². The summed E-state index contributed by atoms with van der Waals surface area (Å²) >= 11 is 0. The van der Waals surface area contributed by atoms with E-state index >= 15 is 0 Å². The van der Waals surface area contributed by atoms with Crippen LogP contribution < -0.4 is 10.0 Å². The van der Waals surface area contributed by atoms with Crippen LogP contribution in [-0.2, 0) is 16.4 Å². The molecule has 0 unspecified atom stereocenters. The molecule has 3 aromatic carbocycles. The number of nitro benzene ring substituents is 1. The van der Waals surface area contributed by atoms with Crippen molar-refractivity contribution in [1.82, 2.24) is 9.97 Å². The number of hydrogen-bond acceptors (Lipinski definition) is 9. The number of benzene rings is 3. The highest BCUT2D eigenvalue weighted by atomic mass is 32.2. The minimum absolute atomic E-state index is 0.0190. The molecule has 0 radical (unpaired) electrons. The molecule has 0 saturated carbocycles. The number of aromatic carboxylic acids is 1. The number of hydrogen-bond donors (Lipinski definition) is 4. The maximum absolute atomic E-state index is 12.7. The second-order valence-corrected chi connectivity index (χ2v) is 10.2. The van der Waals surface area contributed by atoms with Crippen molar-refractivity contribution in [2.24, 2.45) is 0 Å². The van der Waals surface area contributed by atoms with Crippen LogP contribution >= 0.6 is 0 Å². The Labute approximate surface area is 223 Å². The van der Waals surface area contributed by atoms with Crippen LogP contribution in [0.1, 0.15) is 40.0 Å². The standard InChI is InChI=1S/C26H23N5O7S/c1-16(19-5-2-17(3-6-19)14-18-4-11-22(25(33)34)23(32)15-18)28-26-27-13-12-24(29-26)30-39(37,38)21-9-7-20(8-10-21)31(35)36/h2-13,15-16,32H,14H2,1H3,(H,33,34)(H2,27,28,29,30)/t16-/m0/s1. The first-order valence-electron chi connectivity index (χ1n) is 11.5. The van der Waals surface area contributed by atoms with E-state index in [-0.39, 0.29) is 39.7 Å². The first kappa shape index (κ1) is 27.0. The average Bonchev–Trinajstić information content (AvgIpc) is 2.89. The van der Waals surface area contributed by atoms with E-state index in [1.54, 1.807) is 6.07 Å². The Kier molecular flexibility index (Phi) is 7.72. The number of carboxylic acids is 1. The van der Waals surface area contributed by atoms with Gasteiger partial charge in [-0.1, -0.05) is 30.3 Å². The van der Waals surface area contributed by atoms with Crippen molar-refractivity contribution < 1.29 is 28.3 Å². The van der Waals surface area contributed by atoms with Crippen molar-refractivity contribution in [1.29, 1.82) is 0 Å².